The van der Waals surface area contributed by atoms with Crippen LogP contribution in [0.2, 0.25) is 0 Å². The van der Waals surface area contributed by atoms with Gasteiger partial charge in [-0.3, -0.25) is 4.98 Å². The van der Waals surface area contributed by atoms with E-state index in [0.717, 1.165) is 12.2 Å². The number of nitrogens with zero attached hydrogens (tertiary/aromatic N) is 1. The van der Waals surface area contributed by atoms with Crippen LogP contribution in [0.4, 0.5) is 0 Å². The number of rotatable bonds is 1. The molecule has 0 N–H and O–H groups in total. The van der Waals surface area contributed by atoms with Crippen molar-refractivity contribution < 1.29 is 4.74 Å². The normalized spacial score (nSPS) is 16.9. The van der Waals surface area contributed by atoms with Crippen LogP contribution in [0.1, 0.15) is 12.5 Å². The van der Waals surface area contributed by atoms with Crippen LogP contribution in [0.5, 0.6) is 5.75 Å². The van der Waals surface area contributed by atoms with Crippen LogP contribution in [-0.2, 0) is 6.42 Å². The SMILES string of the molecule is CC1Cc2cc(-c3ccc4ccncc4c3)ccc2O1. The Hall–Kier alpha value is -2.35. The van der Waals surface area contributed by atoms with Crippen molar-refractivity contribution in [2.24, 2.45) is 0 Å². The second kappa shape index (κ2) is 4.34. The average Bonchev–Trinajstić information content (AvgIpc) is 2.85. The third kappa shape index (κ3) is 1.85. The minimum Gasteiger partial charge on any atom is -0.490 e. The van der Waals surface area contributed by atoms with Crippen molar-refractivity contribution in [2.45, 2.75) is 19.4 Å². The van der Waals surface area contributed by atoms with E-state index in [-0.39, 0.29) is 0 Å². The first kappa shape index (κ1) is 11.5. The van der Waals surface area contributed by atoms with Gasteiger partial charge in [0.05, 0.1) is 0 Å². The summed E-state index contributed by atoms with van der Waals surface area (Å²) in [6, 6.07) is 15.0. The standard InChI is InChI=1S/C18H15NO/c1-12-8-16-9-15(4-5-18(16)20-12)14-3-2-13-6-7-19-11-17(13)10-14/h2-7,9-12H,8H2,1H3. The molecule has 0 spiro atoms. The van der Waals surface area contributed by atoms with Crippen LogP contribution < -0.4 is 4.74 Å². The molecule has 1 aliphatic rings. The van der Waals surface area contributed by atoms with Gasteiger partial charge in [-0.2, -0.15) is 0 Å². The summed E-state index contributed by atoms with van der Waals surface area (Å²) in [6.45, 7) is 2.11. The fourth-order valence-corrected chi connectivity index (χ4v) is 2.87. The summed E-state index contributed by atoms with van der Waals surface area (Å²) in [4.78, 5) is 4.20. The van der Waals surface area contributed by atoms with Gasteiger partial charge in [-0.25, -0.2) is 0 Å². The molecule has 0 amide bonds. The zero-order valence-electron chi connectivity index (χ0n) is 11.3. The van der Waals surface area contributed by atoms with E-state index in [2.05, 4.69) is 48.3 Å². The van der Waals surface area contributed by atoms with Crippen molar-refractivity contribution >= 4 is 10.8 Å². The van der Waals surface area contributed by atoms with Crippen LogP contribution in [0, 0.1) is 0 Å². The topological polar surface area (TPSA) is 22.1 Å². The lowest BCUT2D eigenvalue weighted by Crippen LogP contribution is -2.05. The number of aromatic nitrogens is 1. The van der Waals surface area contributed by atoms with Gasteiger partial charge < -0.3 is 4.74 Å². The van der Waals surface area contributed by atoms with Gasteiger partial charge in [0.25, 0.3) is 0 Å². The second-order valence-electron chi connectivity index (χ2n) is 5.39. The van der Waals surface area contributed by atoms with Crippen LogP contribution in [0.15, 0.2) is 54.9 Å². The summed E-state index contributed by atoms with van der Waals surface area (Å²) in [5.41, 5.74) is 3.78. The lowest BCUT2D eigenvalue weighted by atomic mass is 9.99. The first-order chi connectivity index (χ1) is 9.79. The zero-order chi connectivity index (χ0) is 13.5. The molecule has 2 nitrogen and oxygen atoms in total. The van der Waals surface area contributed by atoms with Gasteiger partial charge in [-0.15, -0.1) is 0 Å². The van der Waals surface area contributed by atoms with Gasteiger partial charge in [0.1, 0.15) is 11.9 Å². The molecule has 1 atom stereocenters. The van der Waals surface area contributed by atoms with Gasteiger partial charge in [0, 0.05) is 24.2 Å². The summed E-state index contributed by atoms with van der Waals surface area (Å²) >= 11 is 0. The van der Waals surface area contributed by atoms with E-state index in [1.54, 1.807) is 0 Å². The number of ether oxygens (including phenoxy) is 1. The van der Waals surface area contributed by atoms with E-state index in [0.29, 0.717) is 6.10 Å². The van der Waals surface area contributed by atoms with Crippen molar-refractivity contribution in [1.82, 2.24) is 4.98 Å². The maximum atomic E-state index is 5.76. The van der Waals surface area contributed by atoms with Crippen molar-refractivity contribution in [3.8, 4) is 16.9 Å². The number of hydrogen-bond donors (Lipinski definition) is 0. The second-order valence-corrected chi connectivity index (χ2v) is 5.39. The molecule has 20 heavy (non-hydrogen) atoms. The summed E-state index contributed by atoms with van der Waals surface area (Å²) < 4.78 is 5.76. The summed E-state index contributed by atoms with van der Waals surface area (Å²) in [7, 11) is 0. The zero-order valence-corrected chi connectivity index (χ0v) is 11.3. The fraction of sp³-hybridized carbons (Fsp3) is 0.167. The molecule has 0 bridgehead atoms. The molecule has 2 aromatic carbocycles. The van der Waals surface area contributed by atoms with E-state index < -0.39 is 0 Å². The molecule has 0 aliphatic carbocycles. The predicted molar refractivity (Wildman–Crippen MR) is 81.0 cm³/mol. The fourth-order valence-electron chi connectivity index (χ4n) is 2.87. The number of benzene rings is 2. The Morgan fingerprint density at radius 2 is 1.85 bits per heavy atom. The average molecular weight is 261 g/mol. The van der Waals surface area contributed by atoms with Gasteiger partial charge in [-0.05, 0) is 53.3 Å². The molecule has 1 aliphatic heterocycles. The summed E-state index contributed by atoms with van der Waals surface area (Å²) in [6.07, 6.45) is 5.03. The molecule has 2 heteroatoms. The third-order valence-corrected chi connectivity index (χ3v) is 3.87. The molecule has 0 fully saturated rings. The number of fused-ring (bicyclic) bond motifs is 2. The molecule has 0 saturated carbocycles. The highest BCUT2D eigenvalue weighted by Gasteiger charge is 2.19. The quantitative estimate of drug-likeness (QED) is 0.654. The van der Waals surface area contributed by atoms with Crippen LogP contribution >= 0.6 is 0 Å². The monoisotopic (exact) mass is 261 g/mol. The highest BCUT2D eigenvalue weighted by Crippen LogP contribution is 2.33. The first-order valence-corrected chi connectivity index (χ1v) is 6.93. The van der Waals surface area contributed by atoms with Crippen molar-refractivity contribution in [2.75, 3.05) is 0 Å². The number of pyridine rings is 1. The molecule has 3 aromatic rings. The van der Waals surface area contributed by atoms with Crippen LogP contribution in [0.3, 0.4) is 0 Å². The first-order valence-electron chi connectivity index (χ1n) is 6.93. The lowest BCUT2D eigenvalue weighted by molar-refractivity contribution is 0.254. The van der Waals surface area contributed by atoms with Crippen molar-refractivity contribution in [1.29, 1.82) is 0 Å². The van der Waals surface area contributed by atoms with E-state index >= 15 is 0 Å². The molecule has 2 heterocycles. The summed E-state index contributed by atoms with van der Waals surface area (Å²) in [5, 5.41) is 2.40. The predicted octanol–water partition coefficient (Wildman–Crippen LogP) is 4.23. The Bertz CT molecular complexity index is 794. The molecule has 98 valence electrons. The van der Waals surface area contributed by atoms with E-state index in [1.165, 1.54) is 27.5 Å². The Morgan fingerprint density at radius 1 is 1.00 bits per heavy atom. The van der Waals surface area contributed by atoms with Gasteiger partial charge in [0.15, 0.2) is 0 Å². The smallest absolute Gasteiger partial charge is 0.123 e. The largest absolute Gasteiger partial charge is 0.490 e. The molecular weight excluding hydrogens is 246 g/mol. The molecule has 4 rings (SSSR count). The lowest BCUT2D eigenvalue weighted by Gasteiger charge is -2.06. The Kier molecular flexibility index (Phi) is 2.49. The van der Waals surface area contributed by atoms with E-state index in [9.17, 15) is 0 Å². The molecule has 0 saturated heterocycles. The maximum Gasteiger partial charge on any atom is 0.123 e. The molecular formula is C18H15NO. The molecule has 1 unspecified atom stereocenters. The Labute approximate surface area is 118 Å². The minimum atomic E-state index is 0.293. The third-order valence-electron chi connectivity index (χ3n) is 3.87. The van der Waals surface area contributed by atoms with Crippen molar-refractivity contribution in [3.63, 3.8) is 0 Å². The van der Waals surface area contributed by atoms with Gasteiger partial charge in [0.2, 0.25) is 0 Å². The highest BCUT2D eigenvalue weighted by atomic mass is 16.5. The highest BCUT2D eigenvalue weighted by molar-refractivity contribution is 5.86. The maximum absolute atomic E-state index is 5.76. The van der Waals surface area contributed by atoms with E-state index in [4.69, 9.17) is 4.74 Å². The van der Waals surface area contributed by atoms with E-state index in [1.807, 2.05) is 18.5 Å². The molecule has 1 aromatic heterocycles. The van der Waals surface area contributed by atoms with Crippen molar-refractivity contribution in [3.05, 3.63) is 60.4 Å². The number of hydrogen-bond acceptors (Lipinski definition) is 2. The molecule has 0 radical (unpaired) electrons. The Balaban J connectivity index is 1.81. The Morgan fingerprint density at radius 3 is 2.80 bits per heavy atom. The van der Waals surface area contributed by atoms with Crippen LogP contribution in [0.25, 0.3) is 21.9 Å². The minimum absolute atomic E-state index is 0.293. The van der Waals surface area contributed by atoms with Gasteiger partial charge in [-0.1, -0.05) is 18.2 Å². The van der Waals surface area contributed by atoms with Crippen LogP contribution in [-0.4, -0.2) is 11.1 Å². The summed E-state index contributed by atoms with van der Waals surface area (Å²) in [5.74, 6) is 1.03. The van der Waals surface area contributed by atoms with Gasteiger partial charge >= 0.3 is 0 Å².